The number of hydrogen-bond acceptors (Lipinski definition) is 4. The van der Waals surface area contributed by atoms with Crippen LogP contribution in [0.15, 0.2) is 36.4 Å². The van der Waals surface area contributed by atoms with Crippen LogP contribution in [0, 0.1) is 11.6 Å². The lowest BCUT2D eigenvalue weighted by atomic mass is 10.2. The standard InChI is InChI=1S/C17H15ClF2N2O4/c1-25-16(23)10-2-4-12(18)15(8-10)22-17(24)21-6-7-26-11-3-5-13(19)14(20)9-11/h2-5,8-9H,6-7H2,1H3,(H2,21,22,24). The Morgan fingerprint density at radius 3 is 2.58 bits per heavy atom. The Bertz CT molecular complexity index is 817. The van der Waals surface area contributed by atoms with Gasteiger partial charge in [-0.2, -0.15) is 0 Å². The van der Waals surface area contributed by atoms with Gasteiger partial charge in [-0.3, -0.25) is 0 Å². The van der Waals surface area contributed by atoms with Gasteiger partial charge in [-0.25, -0.2) is 18.4 Å². The molecule has 9 heteroatoms. The Morgan fingerprint density at radius 2 is 1.88 bits per heavy atom. The highest BCUT2D eigenvalue weighted by Crippen LogP contribution is 2.23. The van der Waals surface area contributed by atoms with Gasteiger partial charge in [0, 0.05) is 6.07 Å². The number of halogens is 3. The van der Waals surface area contributed by atoms with Gasteiger partial charge in [0.2, 0.25) is 0 Å². The maximum absolute atomic E-state index is 13.0. The van der Waals surface area contributed by atoms with Gasteiger partial charge in [0.25, 0.3) is 0 Å². The average molecular weight is 385 g/mol. The molecule has 2 N–H and O–H groups in total. The number of methoxy groups -OCH3 is 1. The van der Waals surface area contributed by atoms with Crippen LogP contribution in [0.5, 0.6) is 5.75 Å². The molecule has 2 amide bonds. The second-order valence-electron chi connectivity index (χ2n) is 4.99. The van der Waals surface area contributed by atoms with Gasteiger partial charge in [0.05, 0.1) is 29.9 Å². The van der Waals surface area contributed by atoms with E-state index in [0.717, 1.165) is 12.1 Å². The Hall–Kier alpha value is -2.87. The number of rotatable bonds is 6. The normalized spacial score (nSPS) is 10.2. The maximum Gasteiger partial charge on any atom is 0.337 e. The van der Waals surface area contributed by atoms with E-state index in [0.29, 0.717) is 0 Å². The van der Waals surface area contributed by atoms with E-state index in [2.05, 4.69) is 15.4 Å². The van der Waals surface area contributed by atoms with Crippen molar-refractivity contribution in [1.29, 1.82) is 0 Å². The van der Waals surface area contributed by atoms with Crippen LogP contribution in [0.4, 0.5) is 19.3 Å². The molecule has 0 bridgehead atoms. The van der Waals surface area contributed by atoms with E-state index in [4.69, 9.17) is 16.3 Å². The summed E-state index contributed by atoms with van der Waals surface area (Å²) >= 11 is 5.97. The van der Waals surface area contributed by atoms with Gasteiger partial charge in [0.1, 0.15) is 12.4 Å². The van der Waals surface area contributed by atoms with Crippen LogP contribution in [0.2, 0.25) is 5.02 Å². The van der Waals surface area contributed by atoms with Gasteiger partial charge in [0.15, 0.2) is 11.6 Å². The van der Waals surface area contributed by atoms with E-state index in [-0.39, 0.29) is 35.2 Å². The fourth-order valence-electron chi connectivity index (χ4n) is 1.93. The fraction of sp³-hybridized carbons (Fsp3) is 0.176. The van der Waals surface area contributed by atoms with Crippen molar-refractivity contribution in [2.45, 2.75) is 0 Å². The number of urea groups is 1. The fourth-order valence-corrected chi connectivity index (χ4v) is 2.10. The third-order valence-electron chi connectivity index (χ3n) is 3.18. The molecular weight excluding hydrogens is 370 g/mol. The summed E-state index contributed by atoms with van der Waals surface area (Å²) in [5.74, 6) is -2.42. The van der Waals surface area contributed by atoms with Crippen molar-refractivity contribution < 1.29 is 27.8 Å². The van der Waals surface area contributed by atoms with Gasteiger partial charge in [-0.1, -0.05) is 11.6 Å². The summed E-state index contributed by atoms with van der Waals surface area (Å²) in [5, 5.41) is 5.23. The molecule has 26 heavy (non-hydrogen) atoms. The summed E-state index contributed by atoms with van der Waals surface area (Å²) in [7, 11) is 1.24. The highest BCUT2D eigenvalue weighted by atomic mass is 35.5. The first-order valence-electron chi connectivity index (χ1n) is 7.41. The molecule has 0 aliphatic carbocycles. The van der Waals surface area contributed by atoms with Crippen LogP contribution in [-0.4, -0.2) is 32.3 Å². The lowest BCUT2D eigenvalue weighted by molar-refractivity contribution is 0.0600. The topological polar surface area (TPSA) is 76.7 Å². The number of ether oxygens (including phenoxy) is 2. The zero-order valence-electron chi connectivity index (χ0n) is 13.6. The summed E-state index contributed by atoms with van der Waals surface area (Å²) < 4.78 is 35.6. The predicted molar refractivity (Wildman–Crippen MR) is 91.7 cm³/mol. The minimum atomic E-state index is -1.02. The summed E-state index contributed by atoms with van der Waals surface area (Å²) in [6.45, 7) is 0.133. The molecule has 0 heterocycles. The first-order valence-corrected chi connectivity index (χ1v) is 7.79. The Balaban J connectivity index is 1.83. The molecule has 2 aromatic rings. The molecule has 0 aliphatic rings. The third kappa shape index (κ3) is 5.32. The van der Waals surface area contributed by atoms with Crippen LogP contribution in [0.25, 0.3) is 0 Å². The molecular formula is C17H15ClF2N2O4. The molecule has 0 aromatic heterocycles. The van der Waals surface area contributed by atoms with Gasteiger partial charge < -0.3 is 20.1 Å². The van der Waals surface area contributed by atoms with Crippen LogP contribution in [0.3, 0.4) is 0 Å². The highest BCUT2D eigenvalue weighted by Gasteiger charge is 2.11. The molecule has 0 saturated heterocycles. The van der Waals surface area contributed by atoms with E-state index < -0.39 is 23.6 Å². The van der Waals surface area contributed by atoms with Gasteiger partial charge in [-0.05, 0) is 30.3 Å². The average Bonchev–Trinajstić information content (AvgIpc) is 2.62. The lowest BCUT2D eigenvalue weighted by Crippen LogP contribution is -2.32. The molecule has 6 nitrogen and oxygen atoms in total. The van der Waals surface area contributed by atoms with Crippen molar-refractivity contribution in [3.63, 3.8) is 0 Å². The summed E-state index contributed by atoms with van der Waals surface area (Å²) in [5.41, 5.74) is 0.461. The Morgan fingerprint density at radius 1 is 1.12 bits per heavy atom. The number of nitrogens with one attached hydrogen (secondary N) is 2. The van der Waals surface area contributed by atoms with Crippen LogP contribution in [-0.2, 0) is 4.74 Å². The monoisotopic (exact) mass is 384 g/mol. The number of carbonyl (C=O) groups is 2. The maximum atomic E-state index is 13.0. The van der Waals surface area contributed by atoms with Crippen LogP contribution < -0.4 is 15.4 Å². The van der Waals surface area contributed by atoms with E-state index in [9.17, 15) is 18.4 Å². The Kier molecular flexibility index (Phi) is 6.74. The molecule has 0 spiro atoms. The second-order valence-corrected chi connectivity index (χ2v) is 5.40. The van der Waals surface area contributed by atoms with E-state index >= 15 is 0 Å². The van der Waals surface area contributed by atoms with E-state index in [1.165, 1.54) is 31.4 Å². The Labute approximate surface area is 153 Å². The molecule has 0 unspecified atom stereocenters. The zero-order chi connectivity index (χ0) is 19.1. The van der Waals surface area contributed by atoms with Crippen molar-refractivity contribution in [2.75, 3.05) is 25.6 Å². The molecule has 0 radical (unpaired) electrons. The van der Waals surface area contributed by atoms with Crippen molar-refractivity contribution in [2.24, 2.45) is 0 Å². The quantitative estimate of drug-likeness (QED) is 0.589. The minimum Gasteiger partial charge on any atom is -0.492 e. The summed E-state index contributed by atoms with van der Waals surface area (Å²) in [6, 6.07) is 6.85. The van der Waals surface area contributed by atoms with Crippen molar-refractivity contribution in [3.05, 3.63) is 58.6 Å². The van der Waals surface area contributed by atoms with Crippen molar-refractivity contribution >= 4 is 29.3 Å². The van der Waals surface area contributed by atoms with Crippen LogP contribution >= 0.6 is 11.6 Å². The number of amides is 2. The summed E-state index contributed by atoms with van der Waals surface area (Å²) in [4.78, 5) is 23.4. The molecule has 2 rings (SSSR count). The first-order chi connectivity index (χ1) is 12.4. The smallest absolute Gasteiger partial charge is 0.337 e. The lowest BCUT2D eigenvalue weighted by Gasteiger charge is -2.11. The molecule has 2 aromatic carbocycles. The highest BCUT2D eigenvalue weighted by molar-refractivity contribution is 6.33. The van der Waals surface area contributed by atoms with Crippen molar-refractivity contribution in [3.8, 4) is 5.75 Å². The predicted octanol–water partition coefficient (Wildman–Crippen LogP) is 3.61. The first kappa shape index (κ1) is 19.5. The molecule has 0 fully saturated rings. The zero-order valence-corrected chi connectivity index (χ0v) is 14.4. The number of anilines is 1. The molecule has 138 valence electrons. The SMILES string of the molecule is COC(=O)c1ccc(Cl)c(NC(=O)NCCOc2ccc(F)c(F)c2)c1. The van der Waals surface area contributed by atoms with E-state index in [1.807, 2.05) is 0 Å². The minimum absolute atomic E-state index is 0.0361. The number of benzene rings is 2. The van der Waals surface area contributed by atoms with Crippen molar-refractivity contribution in [1.82, 2.24) is 5.32 Å². The van der Waals surface area contributed by atoms with Gasteiger partial charge >= 0.3 is 12.0 Å². The molecule has 0 saturated carbocycles. The summed E-state index contributed by atoms with van der Waals surface area (Å²) in [6.07, 6.45) is 0. The third-order valence-corrected chi connectivity index (χ3v) is 3.51. The number of esters is 1. The molecule has 0 atom stereocenters. The molecule has 0 aliphatic heterocycles. The second kappa shape index (κ2) is 9.00. The number of carbonyl (C=O) groups excluding carboxylic acids is 2. The number of hydrogen-bond donors (Lipinski definition) is 2. The largest absolute Gasteiger partial charge is 0.492 e. The van der Waals surface area contributed by atoms with E-state index in [1.54, 1.807) is 0 Å². The van der Waals surface area contributed by atoms with Gasteiger partial charge in [-0.15, -0.1) is 0 Å². The van der Waals surface area contributed by atoms with Crippen LogP contribution in [0.1, 0.15) is 10.4 Å².